The summed E-state index contributed by atoms with van der Waals surface area (Å²) >= 11 is 0. The number of nitrogens with one attached hydrogen (secondary N) is 2. The molecule has 0 saturated heterocycles. The highest BCUT2D eigenvalue weighted by molar-refractivity contribution is 5.95. The van der Waals surface area contributed by atoms with Gasteiger partial charge in [-0.15, -0.1) is 0 Å². The van der Waals surface area contributed by atoms with Crippen molar-refractivity contribution >= 4 is 5.91 Å². The van der Waals surface area contributed by atoms with Gasteiger partial charge in [0.25, 0.3) is 5.91 Å². The summed E-state index contributed by atoms with van der Waals surface area (Å²) in [4.78, 5) is 18.6. The average molecular weight is 220 g/mol. The van der Waals surface area contributed by atoms with Gasteiger partial charge >= 0.3 is 0 Å². The molecular weight excluding hydrogens is 208 g/mol. The molecule has 0 aliphatic rings. The molecule has 2 aromatic rings. The fraction of sp³-hybridized carbons (Fsp3) is 0.300. The van der Waals surface area contributed by atoms with Gasteiger partial charge in [0.1, 0.15) is 11.3 Å². The van der Waals surface area contributed by atoms with Gasteiger partial charge in [-0.25, -0.2) is 4.98 Å². The van der Waals surface area contributed by atoms with E-state index in [1.807, 2.05) is 0 Å². The number of nitrogens with zero attached hydrogens (tertiary/aromatic N) is 2. The number of hydrogen-bond acceptors (Lipinski definition) is 4. The minimum atomic E-state index is -0.189. The Morgan fingerprint density at radius 1 is 1.56 bits per heavy atom. The molecule has 0 saturated carbocycles. The molecule has 6 heteroatoms. The smallest absolute Gasteiger partial charge is 0.257 e. The number of amides is 1. The summed E-state index contributed by atoms with van der Waals surface area (Å²) in [5.41, 5.74) is 1.94. The Balaban J connectivity index is 2.04. The maximum absolute atomic E-state index is 11.8. The first-order valence-corrected chi connectivity index (χ1v) is 4.87. The highest BCUT2D eigenvalue weighted by Crippen LogP contribution is 2.11. The lowest BCUT2D eigenvalue weighted by Crippen LogP contribution is -2.23. The normalized spacial score (nSPS) is 10.4. The van der Waals surface area contributed by atoms with E-state index in [0.717, 1.165) is 5.69 Å². The second-order valence-electron chi connectivity index (χ2n) is 3.46. The monoisotopic (exact) mass is 220 g/mol. The zero-order valence-electron chi connectivity index (χ0n) is 9.07. The summed E-state index contributed by atoms with van der Waals surface area (Å²) in [5.74, 6) is 0.338. The van der Waals surface area contributed by atoms with Crippen molar-refractivity contribution in [2.75, 3.05) is 0 Å². The number of aromatic nitrogens is 3. The standard InChI is InChI=1S/C10H12N4O2/c1-6-9(7(2)16-14-6)10(15)12-4-8-3-11-5-13-8/h3,5H,4H2,1-2H3,(H,11,13)(H,12,15). The highest BCUT2D eigenvalue weighted by Gasteiger charge is 2.16. The third-order valence-electron chi connectivity index (χ3n) is 2.25. The molecule has 0 aliphatic carbocycles. The van der Waals surface area contributed by atoms with Crippen molar-refractivity contribution in [3.05, 3.63) is 35.2 Å². The van der Waals surface area contributed by atoms with E-state index in [2.05, 4.69) is 20.4 Å². The first-order valence-electron chi connectivity index (χ1n) is 4.87. The van der Waals surface area contributed by atoms with Crippen LogP contribution in [0.3, 0.4) is 0 Å². The van der Waals surface area contributed by atoms with Crippen LogP contribution in [0.1, 0.15) is 27.5 Å². The van der Waals surface area contributed by atoms with Crippen LogP contribution in [0.15, 0.2) is 17.0 Å². The van der Waals surface area contributed by atoms with Crippen LogP contribution in [-0.2, 0) is 6.54 Å². The van der Waals surface area contributed by atoms with E-state index in [4.69, 9.17) is 4.52 Å². The molecule has 84 valence electrons. The van der Waals surface area contributed by atoms with E-state index >= 15 is 0 Å². The summed E-state index contributed by atoms with van der Waals surface area (Å²) in [6.45, 7) is 3.86. The quantitative estimate of drug-likeness (QED) is 0.806. The molecule has 0 aliphatic heterocycles. The average Bonchev–Trinajstić information content (AvgIpc) is 2.86. The van der Waals surface area contributed by atoms with Crippen LogP contribution in [0.5, 0.6) is 0 Å². The van der Waals surface area contributed by atoms with Crippen LogP contribution in [-0.4, -0.2) is 21.0 Å². The van der Waals surface area contributed by atoms with Gasteiger partial charge in [0.05, 0.1) is 24.3 Å². The molecule has 2 N–H and O–H groups in total. The first-order chi connectivity index (χ1) is 7.68. The lowest BCUT2D eigenvalue weighted by Gasteiger charge is -2.02. The molecule has 0 unspecified atom stereocenters. The van der Waals surface area contributed by atoms with Crippen molar-refractivity contribution in [1.29, 1.82) is 0 Å². The zero-order chi connectivity index (χ0) is 11.5. The number of carbonyl (C=O) groups excluding carboxylic acids is 1. The predicted molar refractivity (Wildman–Crippen MR) is 55.7 cm³/mol. The molecule has 0 atom stereocenters. The van der Waals surface area contributed by atoms with E-state index in [1.54, 1.807) is 26.4 Å². The predicted octanol–water partition coefficient (Wildman–Crippen LogP) is 0.945. The van der Waals surface area contributed by atoms with Crippen molar-refractivity contribution < 1.29 is 9.32 Å². The molecule has 2 rings (SSSR count). The zero-order valence-corrected chi connectivity index (χ0v) is 9.07. The maximum Gasteiger partial charge on any atom is 0.257 e. The van der Waals surface area contributed by atoms with E-state index < -0.39 is 0 Å². The maximum atomic E-state index is 11.8. The number of rotatable bonds is 3. The molecular formula is C10H12N4O2. The molecule has 0 radical (unpaired) electrons. The molecule has 0 bridgehead atoms. The van der Waals surface area contributed by atoms with Crippen molar-refractivity contribution in [2.45, 2.75) is 20.4 Å². The fourth-order valence-corrected chi connectivity index (χ4v) is 1.45. The van der Waals surface area contributed by atoms with Gasteiger partial charge in [-0.2, -0.15) is 0 Å². The van der Waals surface area contributed by atoms with Crippen LogP contribution >= 0.6 is 0 Å². The van der Waals surface area contributed by atoms with Crippen LogP contribution in [0.25, 0.3) is 0 Å². The summed E-state index contributed by atoms with van der Waals surface area (Å²) in [6, 6.07) is 0. The molecule has 0 spiro atoms. The Bertz CT molecular complexity index is 467. The van der Waals surface area contributed by atoms with E-state index in [9.17, 15) is 4.79 Å². The van der Waals surface area contributed by atoms with E-state index in [1.165, 1.54) is 0 Å². The Morgan fingerprint density at radius 2 is 2.38 bits per heavy atom. The topological polar surface area (TPSA) is 83.8 Å². The van der Waals surface area contributed by atoms with Gasteiger partial charge in [0.2, 0.25) is 0 Å². The number of carbonyl (C=O) groups is 1. The van der Waals surface area contributed by atoms with Crippen LogP contribution in [0, 0.1) is 13.8 Å². The number of H-pyrrole nitrogens is 1. The van der Waals surface area contributed by atoms with Crippen molar-refractivity contribution in [1.82, 2.24) is 20.4 Å². The highest BCUT2D eigenvalue weighted by atomic mass is 16.5. The molecule has 0 fully saturated rings. The summed E-state index contributed by atoms with van der Waals surface area (Å²) in [6.07, 6.45) is 3.23. The van der Waals surface area contributed by atoms with Gasteiger partial charge in [0, 0.05) is 6.20 Å². The Labute approximate surface area is 92.1 Å². The first kappa shape index (κ1) is 10.4. The van der Waals surface area contributed by atoms with Gasteiger partial charge in [0.15, 0.2) is 0 Å². The van der Waals surface area contributed by atoms with Gasteiger partial charge in [-0.05, 0) is 13.8 Å². The van der Waals surface area contributed by atoms with Crippen LogP contribution in [0.4, 0.5) is 0 Å². The van der Waals surface area contributed by atoms with Crippen molar-refractivity contribution in [3.63, 3.8) is 0 Å². The third-order valence-corrected chi connectivity index (χ3v) is 2.25. The van der Waals surface area contributed by atoms with Gasteiger partial charge in [-0.3, -0.25) is 4.79 Å². The Kier molecular flexibility index (Phi) is 2.72. The summed E-state index contributed by atoms with van der Waals surface area (Å²) < 4.78 is 4.92. The molecule has 1 amide bonds. The second kappa shape index (κ2) is 4.18. The van der Waals surface area contributed by atoms with Crippen LogP contribution in [0.2, 0.25) is 0 Å². The molecule has 6 nitrogen and oxygen atoms in total. The Morgan fingerprint density at radius 3 is 2.94 bits per heavy atom. The summed E-state index contributed by atoms with van der Waals surface area (Å²) in [7, 11) is 0. The number of imidazole rings is 1. The summed E-state index contributed by atoms with van der Waals surface area (Å²) in [5, 5.41) is 6.49. The second-order valence-corrected chi connectivity index (χ2v) is 3.46. The van der Waals surface area contributed by atoms with Crippen molar-refractivity contribution in [2.24, 2.45) is 0 Å². The third kappa shape index (κ3) is 1.95. The molecule has 0 aromatic carbocycles. The van der Waals surface area contributed by atoms with Gasteiger partial charge < -0.3 is 14.8 Å². The minimum Gasteiger partial charge on any atom is -0.361 e. The number of hydrogen-bond donors (Lipinski definition) is 2. The number of aromatic amines is 1. The van der Waals surface area contributed by atoms with Crippen molar-refractivity contribution in [3.8, 4) is 0 Å². The SMILES string of the molecule is Cc1noc(C)c1C(=O)NCc1cnc[nH]1. The fourth-order valence-electron chi connectivity index (χ4n) is 1.45. The largest absolute Gasteiger partial charge is 0.361 e. The van der Waals surface area contributed by atoms with E-state index in [-0.39, 0.29) is 5.91 Å². The molecule has 2 heterocycles. The molecule has 2 aromatic heterocycles. The lowest BCUT2D eigenvalue weighted by molar-refractivity contribution is 0.0948. The number of aryl methyl sites for hydroxylation is 2. The minimum absolute atomic E-state index is 0.189. The lowest BCUT2D eigenvalue weighted by atomic mass is 10.2. The molecule has 16 heavy (non-hydrogen) atoms. The van der Waals surface area contributed by atoms with Gasteiger partial charge in [-0.1, -0.05) is 5.16 Å². The Hall–Kier alpha value is -2.11. The van der Waals surface area contributed by atoms with Crippen LogP contribution < -0.4 is 5.32 Å². The van der Waals surface area contributed by atoms with E-state index in [0.29, 0.717) is 23.6 Å².